The second-order valence-corrected chi connectivity index (χ2v) is 6.08. The van der Waals surface area contributed by atoms with Crippen LogP contribution in [0.25, 0.3) is 0 Å². The maximum Gasteiger partial charge on any atom is 0.194 e. The molecule has 0 spiro atoms. The molecule has 3 nitrogen and oxygen atoms in total. The molecule has 2 aliphatic rings. The zero-order chi connectivity index (χ0) is 13.9. The minimum atomic E-state index is 0.517. The second kappa shape index (κ2) is 5.86. The van der Waals surface area contributed by atoms with E-state index in [0.29, 0.717) is 6.04 Å². The molecule has 1 N–H and O–H groups in total. The monoisotopic (exact) mass is 271 g/mol. The van der Waals surface area contributed by atoms with Crippen LogP contribution in [0.4, 0.5) is 0 Å². The van der Waals surface area contributed by atoms with Gasteiger partial charge in [-0.3, -0.25) is 5.41 Å². The van der Waals surface area contributed by atoms with Crippen molar-refractivity contribution in [3.8, 4) is 0 Å². The molecule has 20 heavy (non-hydrogen) atoms. The van der Waals surface area contributed by atoms with Crippen molar-refractivity contribution in [2.75, 3.05) is 13.1 Å². The summed E-state index contributed by atoms with van der Waals surface area (Å²) in [5, 5.41) is 8.40. The van der Waals surface area contributed by atoms with Gasteiger partial charge >= 0.3 is 0 Å². The number of fused-ring (bicyclic) bond motifs is 2. The average Bonchev–Trinajstić information content (AvgIpc) is 2.77. The first-order chi connectivity index (χ1) is 9.79. The molecule has 0 amide bonds. The van der Waals surface area contributed by atoms with Gasteiger partial charge in [0, 0.05) is 19.6 Å². The summed E-state index contributed by atoms with van der Waals surface area (Å²) >= 11 is 0. The Labute approximate surface area is 122 Å². The van der Waals surface area contributed by atoms with Crippen LogP contribution in [-0.4, -0.2) is 34.9 Å². The molecule has 1 fully saturated rings. The van der Waals surface area contributed by atoms with Crippen molar-refractivity contribution in [3.05, 3.63) is 35.4 Å². The lowest BCUT2D eigenvalue weighted by Crippen LogP contribution is -2.39. The van der Waals surface area contributed by atoms with Crippen LogP contribution in [0.3, 0.4) is 0 Å². The number of guanidine groups is 1. The van der Waals surface area contributed by atoms with Crippen molar-refractivity contribution >= 4 is 5.96 Å². The third-order valence-electron chi connectivity index (χ3n) is 4.64. The van der Waals surface area contributed by atoms with E-state index in [-0.39, 0.29) is 0 Å². The van der Waals surface area contributed by atoms with Crippen LogP contribution < -0.4 is 0 Å². The van der Waals surface area contributed by atoms with Gasteiger partial charge in [0.15, 0.2) is 5.96 Å². The Morgan fingerprint density at radius 1 is 1.15 bits per heavy atom. The van der Waals surface area contributed by atoms with Crippen LogP contribution in [0.1, 0.15) is 43.7 Å². The van der Waals surface area contributed by atoms with Crippen molar-refractivity contribution in [2.24, 2.45) is 0 Å². The summed E-state index contributed by atoms with van der Waals surface area (Å²) in [6.07, 6.45) is 6.22. The van der Waals surface area contributed by atoms with Crippen LogP contribution in [0.15, 0.2) is 24.3 Å². The quantitative estimate of drug-likeness (QED) is 0.833. The van der Waals surface area contributed by atoms with E-state index in [0.717, 1.165) is 32.0 Å². The number of rotatable bonds is 5. The van der Waals surface area contributed by atoms with Crippen LogP contribution in [0.2, 0.25) is 0 Å². The first-order valence-corrected chi connectivity index (χ1v) is 7.96. The fourth-order valence-corrected chi connectivity index (χ4v) is 3.45. The molecule has 0 unspecified atom stereocenters. The van der Waals surface area contributed by atoms with E-state index in [2.05, 4.69) is 41.0 Å². The Balaban J connectivity index is 1.62. The summed E-state index contributed by atoms with van der Waals surface area (Å²) in [5.41, 5.74) is 2.88. The normalized spacial score (nSPS) is 21.1. The molecule has 2 aliphatic heterocycles. The third kappa shape index (κ3) is 2.54. The first kappa shape index (κ1) is 13.5. The van der Waals surface area contributed by atoms with Gasteiger partial charge in [-0.15, -0.1) is 0 Å². The van der Waals surface area contributed by atoms with E-state index < -0.39 is 0 Å². The summed E-state index contributed by atoms with van der Waals surface area (Å²) in [6.45, 7) is 5.27. The van der Waals surface area contributed by atoms with E-state index in [1.807, 2.05) is 0 Å². The molecule has 1 aromatic rings. The fourth-order valence-electron chi connectivity index (χ4n) is 3.45. The number of benzene rings is 1. The molecule has 0 saturated carbocycles. The van der Waals surface area contributed by atoms with Gasteiger partial charge in [0.05, 0.1) is 6.04 Å². The van der Waals surface area contributed by atoms with E-state index in [9.17, 15) is 0 Å². The third-order valence-corrected chi connectivity index (χ3v) is 4.64. The largest absolute Gasteiger partial charge is 0.341 e. The maximum absolute atomic E-state index is 8.40. The van der Waals surface area contributed by atoms with Gasteiger partial charge < -0.3 is 9.80 Å². The Hall–Kier alpha value is -1.51. The summed E-state index contributed by atoms with van der Waals surface area (Å²) in [7, 11) is 0. The molecular formula is C17H25N3. The van der Waals surface area contributed by atoms with Gasteiger partial charge in [-0.05, 0) is 24.0 Å². The van der Waals surface area contributed by atoms with E-state index in [1.165, 1.54) is 36.8 Å². The van der Waals surface area contributed by atoms with E-state index in [1.54, 1.807) is 0 Å². The van der Waals surface area contributed by atoms with Crippen LogP contribution >= 0.6 is 0 Å². The van der Waals surface area contributed by atoms with Crippen molar-refractivity contribution in [2.45, 2.75) is 51.6 Å². The van der Waals surface area contributed by atoms with Gasteiger partial charge in [0.2, 0.25) is 0 Å². The SMILES string of the molecule is CCCCCCN1C[C@@H]2Cc3ccccc3CN2C1=N. The van der Waals surface area contributed by atoms with Gasteiger partial charge in [-0.2, -0.15) is 0 Å². The summed E-state index contributed by atoms with van der Waals surface area (Å²) in [6, 6.07) is 9.23. The number of hydrogen-bond acceptors (Lipinski definition) is 1. The Morgan fingerprint density at radius 3 is 2.75 bits per heavy atom. The van der Waals surface area contributed by atoms with Gasteiger partial charge in [-0.25, -0.2) is 0 Å². The lowest BCUT2D eigenvalue weighted by atomic mass is 9.95. The van der Waals surface area contributed by atoms with Crippen LogP contribution in [-0.2, 0) is 13.0 Å². The maximum atomic E-state index is 8.40. The minimum Gasteiger partial charge on any atom is -0.341 e. The van der Waals surface area contributed by atoms with Crippen molar-refractivity contribution in [1.82, 2.24) is 9.80 Å². The highest BCUT2D eigenvalue weighted by Gasteiger charge is 2.37. The highest BCUT2D eigenvalue weighted by molar-refractivity contribution is 5.80. The molecule has 2 heterocycles. The lowest BCUT2D eigenvalue weighted by Gasteiger charge is -2.31. The number of nitrogens with one attached hydrogen (secondary N) is 1. The van der Waals surface area contributed by atoms with E-state index >= 15 is 0 Å². The summed E-state index contributed by atoms with van der Waals surface area (Å²) in [5.74, 6) is 0.751. The van der Waals surface area contributed by atoms with Gasteiger partial charge in [-0.1, -0.05) is 50.5 Å². The Bertz CT molecular complexity index is 483. The molecule has 0 aliphatic carbocycles. The molecule has 1 saturated heterocycles. The van der Waals surface area contributed by atoms with Crippen LogP contribution in [0.5, 0.6) is 0 Å². The van der Waals surface area contributed by atoms with Gasteiger partial charge in [0.25, 0.3) is 0 Å². The molecule has 0 aromatic heterocycles. The molecule has 3 heteroatoms. The number of hydrogen-bond donors (Lipinski definition) is 1. The topological polar surface area (TPSA) is 30.3 Å². The summed E-state index contributed by atoms with van der Waals surface area (Å²) in [4.78, 5) is 4.58. The zero-order valence-electron chi connectivity index (χ0n) is 12.4. The zero-order valence-corrected chi connectivity index (χ0v) is 12.4. The number of unbranched alkanes of at least 4 members (excludes halogenated alkanes) is 3. The Morgan fingerprint density at radius 2 is 1.95 bits per heavy atom. The molecule has 108 valence electrons. The molecule has 0 bridgehead atoms. The molecule has 1 aromatic carbocycles. The lowest BCUT2D eigenvalue weighted by molar-refractivity contribution is 0.311. The smallest absolute Gasteiger partial charge is 0.194 e. The Kier molecular flexibility index (Phi) is 3.95. The molecule has 0 radical (unpaired) electrons. The summed E-state index contributed by atoms with van der Waals surface area (Å²) < 4.78 is 0. The number of nitrogens with zero attached hydrogens (tertiary/aromatic N) is 2. The second-order valence-electron chi connectivity index (χ2n) is 6.08. The van der Waals surface area contributed by atoms with Crippen molar-refractivity contribution in [3.63, 3.8) is 0 Å². The highest BCUT2D eigenvalue weighted by Crippen LogP contribution is 2.28. The van der Waals surface area contributed by atoms with Crippen LogP contribution in [0, 0.1) is 5.41 Å². The average molecular weight is 271 g/mol. The minimum absolute atomic E-state index is 0.517. The predicted octanol–water partition coefficient (Wildman–Crippen LogP) is 3.24. The van der Waals surface area contributed by atoms with Crippen molar-refractivity contribution < 1.29 is 0 Å². The molecule has 3 rings (SSSR count). The van der Waals surface area contributed by atoms with Crippen molar-refractivity contribution in [1.29, 1.82) is 5.41 Å². The first-order valence-electron chi connectivity index (χ1n) is 7.96. The fraction of sp³-hybridized carbons (Fsp3) is 0.588. The molecular weight excluding hydrogens is 246 g/mol. The standard InChI is InChI=1S/C17H25N3/c1-2-3-4-7-10-19-13-16-11-14-8-5-6-9-15(14)12-20(16)17(19)18/h5-6,8-9,16,18H,2-4,7,10-13H2,1H3/t16-/m0/s1. The van der Waals surface area contributed by atoms with Gasteiger partial charge in [0.1, 0.15) is 0 Å². The molecule has 1 atom stereocenters. The highest BCUT2D eigenvalue weighted by atomic mass is 15.4. The predicted molar refractivity (Wildman–Crippen MR) is 82.9 cm³/mol. The van der Waals surface area contributed by atoms with E-state index in [4.69, 9.17) is 5.41 Å².